The number of hydrogen-bond acceptors (Lipinski definition) is 5. The fourth-order valence-electron chi connectivity index (χ4n) is 1.74. The fraction of sp³-hybridized carbons (Fsp3) is 0.500. The Hall–Kier alpha value is -1.89. The number of rotatable bonds is 6. The highest BCUT2D eigenvalue weighted by atomic mass is 32.1. The minimum absolute atomic E-state index is 0.0662. The Bertz CT molecular complexity index is 550. The van der Waals surface area contributed by atoms with Crippen LogP contribution in [0, 0.1) is 6.92 Å². The Kier molecular flexibility index (Phi) is 6.36. The number of thiocarbonyl (C=S) groups is 1. The third-order valence-corrected chi connectivity index (χ3v) is 2.89. The van der Waals surface area contributed by atoms with Crippen LogP contribution < -0.4 is 15.8 Å². The number of nitrogens with one attached hydrogen (secondary N) is 2. The lowest BCUT2D eigenvalue weighted by Crippen LogP contribution is -2.37. The lowest BCUT2D eigenvalue weighted by Gasteiger charge is -2.10. The Balaban J connectivity index is 2.71. The molecule has 21 heavy (non-hydrogen) atoms. The number of carbonyl (C=O) groups is 1. The summed E-state index contributed by atoms with van der Waals surface area (Å²) in [7, 11) is 0. The maximum absolute atomic E-state index is 10.5. The van der Waals surface area contributed by atoms with Crippen LogP contribution in [0.15, 0.2) is 15.6 Å². The van der Waals surface area contributed by atoms with Gasteiger partial charge in [0.05, 0.1) is 5.71 Å². The Morgan fingerprint density at radius 2 is 2.19 bits per heavy atom. The Labute approximate surface area is 129 Å². The van der Waals surface area contributed by atoms with E-state index in [1.807, 2.05) is 27.7 Å². The molecule has 1 aromatic heterocycles. The van der Waals surface area contributed by atoms with E-state index in [2.05, 4.69) is 15.8 Å². The summed E-state index contributed by atoms with van der Waals surface area (Å²) < 4.78 is 5.51. The summed E-state index contributed by atoms with van der Waals surface area (Å²) in [6.07, 6.45) is 0.237. The van der Waals surface area contributed by atoms with Gasteiger partial charge in [-0.05, 0) is 52.4 Å². The van der Waals surface area contributed by atoms with Crippen LogP contribution in [0.1, 0.15) is 44.3 Å². The van der Waals surface area contributed by atoms with Crippen molar-refractivity contribution in [3.8, 4) is 0 Å². The smallest absolute Gasteiger partial charge is 0.187 e. The fourth-order valence-corrected chi connectivity index (χ4v) is 2.02. The summed E-state index contributed by atoms with van der Waals surface area (Å²) in [5.74, 6) is 0.195. The molecule has 1 aromatic rings. The van der Waals surface area contributed by atoms with E-state index in [1.54, 1.807) is 6.07 Å². The van der Waals surface area contributed by atoms with Crippen molar-refractivity contribution >= 4 is 29.0 Å². The van der Waals surface area contributed by atoms with Gasteiger partial charge in [0.15, 0.2) is 5.11 Å². The topological polar surface area (TPSA) is 89.7 Å². The number of carboxylic acids is 1. The SMILES string of the molecule is C/C(=N/NC(=S)NC(C)C)c1cc(CCC(=O)[O-])oc1C. The number of hydrazone groups is 1. The number of furan rings is 1. The number of carbonyl (C=O) groups excluding carboxylic acids is 1. The first-order valence-electron chi connectivity index (χ1n) is 6.70. The predicted octanol–water partition coefficient (Wildman–Crippen LogP) is 0.867. The van der Waals surface area contributed by atoms with Crippen molar-refractivity contribution in [2.45, 2.75) is 46.6 Å². The summed E-state index contributed by atoms with van der Waals surface area (Å²) >= 11 is 5.08. The quantitative estimate of drug-likeness (QED) is 0.460. The third kappa shape index (κ3) is 5.95. The van der Waals surface area contributed by atoms with Crippen molar-refractivity contribution in [2.24, 2.45) is 5.10 Å². The van der Waals surface area contributed by atoms with E-state index in [0.717, 1.165) is 5.56 Å². The number of nitrogens with zero attached hydrogens (tertiary/aromatic N) is 1. The van der Waals surface area contributed by atoms with Crippen molar-refractivity contribution in [3.63, 3.8) is 0 Å². The molecule has 1 heterocycles. The van der Waals surface area contributed by atoms with E-state index >= 15 is 0 Å². The number of carboxylic acid groups (broad SMARTS) is 1. The predicted molar refractivity (Wildman–Crippen MR) is 83.0 cm³/mol. The zero-order chi connectivity index (χ0) is 16.0. The third-order valence-electron chi connectivity index (χ3n) is 2.68. The monoisotopic (exact) mass is 310 g/mol. The van der Waals surface area contributed by atoms with E-state index in [1.165, 1.54) is 0 Å². The average molecular weight is 310 g/mol. The lowest BCUT2D eigenvalue weighted by atomic mass is 10.1. The molecule has 0 amide bonds. The molecule has 0 atom stereocenters. The van der Waals surface area contributed by atoms with E-state index in [4.69, 9.17) is 16.6 Å². The van der Waals surface area contributed by atoms with Crippen molar-refractivity contribution < 1.29 is 14.3 Å². The Morgan fingerprint density at radius 1 is 1.52 bits per heavy atom. The van der Waals surface area contributed by atoms with Gasteiger partial charge in [-0.2, -0.15) is 5.10 Å². The molecule has 0 spiro atoms. The first kappa shape index (κ1) is 17.2. The van der Waals surface area contributed by atoms with Gasteiger partial charge in [-0.1, -0.05) is 0 Å². The summed E-state index contributed by atoms with van der Waals surface area (Å²) in [5, 5.41) is 18.1. The van der Waals surface area contributed by atoms with Crippen LogP contribution >= 0.6 is 12.2 Å². The Morgan fingerprint density at radius 3 is 2.76 bits per heavy atom. The highest BCUT2D eigenvalue weighted by molar-refractivity contribution is 7.80. The van der Waals surface area contributed by atoms with Gasteiger partial charge >= 0.3 is 0 Å². The molecule has 0 saturated carbocycles. The molecule has 0 bridgehead atoms. The molecule has 0 fully saturated rings. The molecule has 0 unspecified atom stereocenters. The van der Waals surface area contributed by atoms with Crippen LogP contribution in [0.3, 0.4) is 0 Å². The zero-order valence-electron chi connectivity index (χ0n) is 12.6. The van der Waals surface area contributed by atoms with E-state index < -0.39 is 5.97 Å². The highest BCUT2D eigenvalue weighted by Crippen LogP contribution is 2.16. The molecular weight excluding hydrogens is 290 g/mol. The van der Waals surface area contributed by atoms with Crippen LogP contribution in [-0.4, -0.2) is 22.8 Å². The lowest BCUT2D eigenvalue weighted by molar-refractivity contribution is -0.305. The summed E-state index contributed by atoms with van der Waals surface area (Å²) in [6.45, 7) is 7.59. The zero-order valence-corrected chi connectivity index (χ0v) is 13.5. The van der Waals surface area contributed by atoms with E-state index in [-0.39, 0.29) is 12.5 Å². The van der Waals surface area contributed by atoms with Gasteiger partial charge in [0, 0.05) is 24.0 Å². The molecule has 116 valence electrons. The van der Waals surface area contributed by atoms with Crippen molar-refractivity contribution in [3.05, 3.63) is 23.2 Å². The molecule has 0 aliphatic carbocycles. The highest BCUT2D eigenvalue weighted by Gasteiger charge is 2.10. The van der Waals surface area contributed by atoms with Crippen LogP contribution in [0.5, 0.6) is 0 Å². The maximum Gasteiger partial charge on any atom is 0.187 e. The normalized spacial score (nSPS) is 11.6. The summed E-state index contributed by atoms with van der Waals surface area (Å²) in [4.78, 5) is 10.5. The molecule has 0 aromatic carbocycles. The molecule has 7 heteroatoms. The van der Waals surface area contributed by atoms with E-state index in [0.29, 0.717) is 28.8 Å². The second-order valence-corrected chi connectivity index (χ2v) is 5.40. The van der Waals surface area contributed by atoms with Crippen molar-refractivity contribution in [1.82, 2.24) is 10.7 Å². The molecular formula is C14H20N3O3S-. The van der Waals surface area contributed by atoms with Crippen LogP contribution in [-0.2, 0) is 11.2 Å². The second kappa shape index (κ2) is 7.78. The van der Waals surface area contributed by atoms with Gasteiger partial charge in [-0.25, -0.2) is 0 Å². The maximum atomic E-state index is 10.5. The minimum atomic E-state index is -1.09. The van der Waals surface area contributed by atoms with Crippen LogP contribution in [0.25, 0.3) is 0 Å². The molecule has 0 aliphatic heterocycles. The number of aliphatic carboxylic acids is 1. The van der Waals surface area contributed by atoms with Gasteiger partial charge in [-0.15, -0.1) is 0 Å². The number of aryl methyl sites for hydroxylation is 2. The largest absolute Gasteiger partial charge is 0.550 e. The first-order valence-corrected chi connectivity index (χ1v) is 7.10. The first-order chi connectivity index (χ1) is 9.79. The molecule has 0 radical (unpaired) electrons. The van der Waals surface area contributed by atoms with Gasteiger partial charge < -0.3 is 19.6 Å². The molecule has 2 N–H and O–H groups in total. The molecule has 0 saturated heterocycles. The summed E-state index contributed by atoms with van der Waals surface area (Å²) in [5.41, 5.74) is 4.30. The molecule has 1 rings (SSSR count). The minimum Gasteiger partial charge on any atom is -0.550 e. The average Bonchev–Trinajstić information content (AvgIpc) is 2.74. The molecule has 0 aliphatic rings. The van der Waals surface area contributed by atoms with Gasteiger partial charge in [-0.3, -0.25) is 5.43 Å². The van der Waals surface area contributed by atoms with E-state index in [9.17, 15) is 9.90 Å². The number of hydrogen-bond donors (Lipinski definition) is 2. The van der Waals surface area contributed by atoms with Crippen LogP contribution in [0.2, 0.25) is 0 Å². The molecule has 6 nitrogen and oxygen atoms in total. The van der Waals surface area contributed by atoms with Crippen LogP contribution in [0.4, 0.5) is 0 Å². The van der Waals surface area contributed by atoms with Gasteiger partial charge in [0.25, 0.3) is 0 Å². The standard InChI is InChI=1S/C14H21N3O3S/c1-8(2)15-14(21)17-16-9(3)12-7-11(20-10(12)4)5-6-13(18)19/h7-8H,5-6H2,1-4H3,(H,18,19)(H2,15,17,21)/p-1/b16-9-. The van der Waals surface area contributed by atoms with Crippen molar-refractivity contribution in [1.29, 1.82) is 0 Å². The van der Waals surface area contributed by atoms with Crippen molar-refractivity contribution in [2.75, 3.05) is 0 Å². The van der Waals surface area contributed by atoms with Gasteiger partial charge in [0.2, 0.25) is 0 Å². The van der Waals surface area contributed by atoms with Gasteiger partial charge in [0.1, 0.15) is 11.5 Å². The second-order valence-electron chi connectivity index (χ2n) is 4.99. The summed E-state index contributed by atoms with van der Waals surface area (Å²) in [6, 6.07) is 2.02.